The maximum atomic E-state index is 11.8. The molecule has 0 spiro atoms. The minimum Gasteiger partial charge on any atom is -0.356 e. The highest BCUT2D eigenvalue weighted by molar-refractivity contribution is 6.12. The summed E-state index contributed by atoms with van der Waals surface area (Å²) < 4.78 is 0. The molecule has 0 fully saturated rings. The Morgan fingerprint density at radius 2 is 2.05 bits per heavy atom. The molecule has 19 heavy (non-hydrogen) atoms. The number of nitrogens with one attached hydrogen (secondary N) is 1. The minimum atomic E-state index is -0.293. The van der Waals surface area contributed by atoms with Gasteiger partial charge in [-0.15, -0.1) is 0 Å². The number of allylic oxidation sites excluding steroid dienone is 1. The summed E-state index contributed by atoms with van der Waals surface area (Å²) in [6.45, 7) is 0.749. The third-order valence-electron chi connectivity index (χ3n) is 3.31. The van der Waals surface area contributed by atoms with Crippen molar-refractivity contribution < 1.29 is 14.4 Å². The molecule has 6 heteroatoms. The summed E-state index contributed by atoms with van der Waals surface area (Å²) >= 11 is 0. The van der Waals surface area contributed by atoms with Crippen molar-refractivity contribution in [1.29, 1.82) is 0 Å². The number of nitrogens with zero attached hydrogens (tertiary/aromatic N) is 1. The van der Waals surface area contributed by atoms with Crippen LogP contribution in [0.1, 0.15) is 12.8 Å². The van der Waals surface area contributed by atoms with Gasteiger partial charge in [0.1, 0.15) is 0 Å². The molecule has 1 aliphatic heterocycles. The fraction of sp³-hybridized carbons (Fsp3) is 0.462. The molecule has 0 aromatic carbocycles. The van der Waals surface area contributed by atoms with Crippen LogP contribution in [0.2, 0.25) is 0 Å². The Bertz CT molecular complexity index is 438. The number of nitrogens with two attached hydrogens (primary N) is 1. The standard InChI is InChI=1S/C13H17N3O3/c14-10-4-1-3-9(10)13(19)15-7-2-8-16-11(17)5-6-12(16)18/h1,4-6,9-10H,2-3,7-8,14H2,(H,15,19)/t9-,10+/m1/s1. The first-order valence-corrected chi connectivity index (χ1v) is 6.33. The normalized spacial score (nSPS) is 25.4. The van der Waals surface area contributed by atoms with E-state index in [9.17, 15) is 14.4 Å². The van der Waals surface area contributed by atoms with E-state index in [0.717, 1.165) is 4.90 Å². The Kier molecular flexibility index (Phi) is 4.11. The van der Waals surface area contributed by atoms with E-state index in [0.29, 0.717) is 25.9 Å². The van der Waals surface area contributed by atoms with Crippen LogP contribution < -0.4 is 11.1 Å². The number of carbonyl (C=O) groups is 3. The van der Waals surface area contributed by atoms with E-state index in [-0.39, 0.29) is 29.7 Å². The lowest BCUT2D eigenvalue weighted by atomic mass is 10.0. The molecule has 3 amide bonds. The molecule has 0 unspecified atom stereocenters. The van der Waals surface area contributed by atoms with Gasteiger partial charge in [-0.25, -0.2) is 0 Å². The van der Waals surface area contributed by atoms with Gasteiger partial charge in [0.15, 0.2) is 0 Å². The zero-order chi connectivity index (χ0) is 13.8. The van der Waals surface area contributed by atoms with Crippen molar-refractivity contribution in [2.75, 3.05) is 13.1 Å². The van der Waals surface area contributed by atoms with E-state index < -0.39 is 0 Å². The zero-order valence-electron chi connectivity index (χ0n) is 10.5. The zero-order valence-corrected chi connectivity index (χ0v) is 10.5. The Morgan fingerprint density at radius 1 is 1.37 bits per heavy atom. The van der Waals surface area contributed by atoms with Crippen molar-refractivity contribution in [3.63, 3.8) is 0 Å². The van der Waals surface area contributed by atoms with Gasteiger partial charge >= 0.3 is 0 Å². The number of hydrogen-bond acceptors (Lipinski definition) is 4. The fourth-order valence-corrected chi connectivity index (χ4v) is 2.19. The van der Waals surface area contributed by atoms with Crippen LogP contribution in [0.5, 0.6) is 0 Å². The summed E-state index contributed by atoms with van der Waals surface area (Å²) in [7, 11) is 0. The predicted molar refractivity (Wildman–Crippen MR) is 68.7 cm³/mol. The number of rotatable bonds is 5. The highest BCUT2D eigenvalue weighted by Crippen LogP contribution is 2.16. The van der Waals surface area contributed by atoms with Crippen molar-refractivity contribution in [2.24, 2.45) is 11.7 Å². The van der Waals surface area contributed by atoms with Gasteiger partial charge in [-0.2, -0.15) is 0 Å². The van der Waals surface area contributed by atoms with Gasteiger partial charge in [-0.1, -0.05) is 12.2 Å². The summed E-state index contributed by atoms with van der Waals surface area (Å²) in [6, 6.07) is -0.217. The number of imide groups is 1. The van der Waals surface area contributed by atoms with E-state index in [4.69, 9.17) is 5.73 Å². The predicted octanol–water partition coefficient (Wildman–Crippen LogP) is -0.679. The van der Waals surface area contributed by atoms with Crippen LogP contribution >= 0.6 is 0 Å². The molecule has 0 aromatic rings. The molecule has 0 saturated heterocycles. The van der Waals surface area contributed by atoms with Crippen LogP contribution in [0.15, 0.2) is 24.3 Å². The quantitative estimate of drug-likeness (QED) is 0.390. The Balaban J connectivity index is 1.66. The molecule has 1 heterocycles. The van der Waals surface area contributed by atoms with E-state index in [1.807, 2.05) is 12.2 Å². The maximum absolute atomic E-state index is 11.8. The van der Waals surface area contributed by atoms with Gasteiger partial charge < -0.3 is 11.1 Å². The van der Waals surface area contributed by atoms with Gasteiger partial charge in [0.25, 0.3) is 11.8 Å². The molecule has 0 aromatic heterocycles. The van der Waals surface area contributed by atoms with Crippen LogP contribution in [0.4, 0.5) is 0 Å². The maximum Gasteiger partial charge on any atom is 0.253 e. The molecule has 2 rings (SSSR count). The largest absolute Gasteiger partial charge is 0.356 e. The van der Waals surface area contributed by atoms with Gasteiger partial charge in [0.05, 0.1) is 5.92 Å². The molecule has 2 atom stereocenters. The Labute approximate surface area is 111 Å². The molecule has 2 aliphatic rings. The summed E-state index contributed by atoms with van der Waals surface area (Å²) in [4.78, 5) is 35.5. The average molecular weight is 263 g/mol. The third-order valence-corrected chi connectivity index (χ3v) is 3.31. The number of amides is 3. The van der Waals surface area contributed by atoms with E-state index >= 15 is 0 Å². The Morgan fingerprint density at radius 3 is 2.63 bits per heavy atom. The highest BCUT2D eigenvalue weighted by atomic mass is 16.2. The summed E-state index contributed by atoms with van der Waals surface area (Å²) in [5, 5.41) is 2.78. The molecular formula is C13H17N3O3. The highest BCUT2D eigenvalue weighted by Gasteiger charge is 2.26. The van der Waals surface area contributed by atoms with Gasteiger partial charge in [0.2, 0.25) is 5.91 Å². The average Bonchev–Trinajstić information content (AvgIpc) is 2.93. The molecule has 3 N–H and O–H groups in total. The van der Waals surface area contributed by atoms with Crippen LogP contribution in [-0.4, -0.2) is 41.8 Å². The van der Waals surface area contributed by atoms with Crippen molar-refractivity contribution in [3.8, 4) is 0 Å². The molecule has 0 radical (unpaired) electrons. The van der Waals surface area contributed by atoms with Crippen molar-refractivity contribution in [3.05, 3.63) is 24.3 Å². The molecule has 6 nitrogen and oxygen atoms in total. The smallest absolute Gasteiger partial charge is 0.253 e. The third kappa shape index (κ3) is 3.08. The fourth-order valence-electron chi connectivity index (χ4n) is 2.19. The lowest BCUT2D eigenvalue weighted by Gasteiger charge is -2.16. The molecule has 0 saturated carbocycles. The molecule has 102 valence electrons. The van der Waals surface area contributed by atoms with E-state index in [1.165, 1.54) is 12.2 Å². The lowest BCUT2D eigenvalue weighted by molar-refractivity contribution is -0.136. The van der Waals surface area contributed by atoms with Crippen molar-refractivity contribution >= 4 is 17.7 Å². The van der Waals surface area contributed by atoms with Crippen molar-refractivity contribution in [1.82, 2.24) is 10.2 Å². The van der Waals surface area contributed by atoms with Crippen LogP contribution in [0, 0.1) is 5.92 Å². The van der Waals surface area contributed by atoms with E-state index in [2.05, 4.69) is 5.32 Å². The first kappa shape index (κ1) is 13.5. The summed E-state index contributed by atoms with van der Waals surface area (Å²) in [5.41, 5.74) is 5.77. The Hall–Kier alpha value is -1.95. The van der Waals surface area contributed by atoms with Crippen LogP contribution in [0.25, 0.3) is 0 Å². The van der Waals surface area contributed by atoms with Gasteiger partial charge in [-0.3, -0.25) is 19.3 Å². The number of carbonyl (C=O) groups excluding carboxylic acids is 3. The first-order valence-electron chi connectivity index (χ1n) is 6.33. The topological polar surface area (TPSA) is 92.5 Å². The number of hydrogen-bond donors (Lipinski definition) is 2. The molecule has 0 bridgehead atoms. The SMILES string of the molecule is N[C@H]1C=CC[C@H]1C(=O)NCCCN1C(=O)C=CC1=O. The monoisotopic (exact) mass is 263 g/mol. The van der Waals surface area contributed by atoms with E-state index in [1.54, 1.807) is 0 Å². The summed E-state index contributed by atoms with van der Waals surface area (Å²) in [6.07, 6.45) is 7.45. The second-order valence-corrected chi connectivity index (χ2v) is 4.65. The van der Waals surface area contributed by atoms with Gasteiger partial charge in [0, 0.05) is 31.3 Å². The minimum absolute atomic E-state index is 0.0744. The molecular weight excluding hydrogens is 246 g/mol. The van der Waals surface area contributed by atoms with Crippen LogP contribution in [-0.2, 0) is 14.4 Å². The van der Waals surface area contributed by atoms with Gasteiger partial charge in [-0.05, 0) is 12.8 Å². The second-order valence-electron chi connectivity index (χ2n) is 4.65. The second kappa shape index (κ2) is 5.79. The summed E-state index contributed by atoms with van der Waals surface area (Å²) in [5.74, 6) is -0.858. The lowest BCUT2D eigenvalue weighted by Crippen LogP contribution is -2.40. The van der Waals surface area contributed by atoms with Crippen molar-refractivity contribution in [2.45, 2.75) is 18.9 Å². The first-order chi connectivity index (χ1) is 9.09. The van der Waals surface area contributed by atoms with Crippen LogP contribution in [0.3, 0.4) is 0 Å². The molecule has 1 aliphatic carbocycles.